The van der Waals surface area contributed by atoms with Gasteiger partial charge in [-0.15, -0.1) is 6.58 Å². The molecular formula is C14H23NO4. The summed E-state index contributed by atoms with van der Waals surface area (Å²) in [7, 11) is 0. The summed E-state index contributed by atoms with van der Waals surface area (Å²) in [4.78, 5) is 24.5. The van der Waals surface area contributed by atoms with Crippen molar-refractivity contribution >= 4 is 11.9 Å². The number of hydrogen-bond donors (Lipinski definition) is 1. The standard InChI is InChI=1S/C14H23NO4/c1-3-4-9-19-11(2)14(18)15-7-5-12(6-8-15)10-13(16)17/h3,11-12H,1,4-10H2,2H3,(H,16,17). The third-order valence-corrected chi connectivity index (χ3v) is 3.43. The third-order valence-electron chi connectivity index (χ3n) is 3.43. The summed E-state index contributed by atoms with van der Waals surface area (Å²) in [6.07, 6.45) is 3.78. The molecule has 1 atom stereocenters. The number of rotatable bonds is 7. The number of amides is 1. The van der Waals surface area contributed by atoms with Crippen LogP contribution in [0.2, 0.25) is 0 Å². The molecule has 108 valence electrons. The molecule has 5 nitrogen and oxygen atoms in total. The van der Waals surface area contributed by atoms with E-state index >= 15 is 0 Å². The van der Waals surface area contributed by atoms with Gasteiger partial charge in [0.05, 0.1) is 6.61 Å². The number of hydrogen-bond acceptors (Lipinski definition) is 3. The van der Waals surface area contributed by atoms with Crippen LogP contribution in [-0.2, 0) is 14.3 Å². The van der Waals surface area contributed by atoms with E-state index in [1.807, 2.05) is 0 Å². The lowest BCUT2D eigenvalue weighted by molar-refractivity contribution is -0.144. The molecule has 1 saturated heterocycles. The van der Waals surface area contributed by atoms with Crippen LogP contribution in [-0.4, -0.2) is 47.7 Å². The molecule has 0 aromatic carbocycles. The van der Waals surface area contributed by atoms with Gasteiger partial charge in [-0.2, -0.15) is 0 Å². The minimum atomic E-state index is -0.758. The second-order valence-corrected chi connectivity index (χ2v) is 4.96. The lowest BCUT2D eigenvalue weighted by atomic mass is 9.93. The van der Waals surface area contributed by atoms with Gasteiger partial charge in [0, 0.05) is 19.5 Å². The van der Waals surface area contributed by atoms with Crippen LogP contribution in [0.4, 0.5) is 0 Å². The molecule has 1 N–H and O–H groups in total. The topological polar surface area (TPSA) is 66.8 Å². The monoisotopic (exact) mass is 269 g/mol. The van der Waals surface area contributed by atoms with E-state index in [-0.39, 0.29) is 18.2 Å². The van der Waals surface area contributed by atoms with Gasteiger partial charge in [-0.1, -0.05) is 6.08 Å². The quantitative estimate of drug-likeness (QED) is 0.564. The van der Waals surface area contributed by atoms with E-state index < -0.39 is 12.1 Å². The van der Waals surface area contributed by atoms with Crippen LogP contribution in [0.3, 0.4) is 0 Å². The molecule has 1 amide bonds. The number of aliphatic carboxylic acids is 1. The molecule has 19 heavy (non-hydrogen) atoms. The van der Waals surface area contributed by atoms with Crippen LogP contribution in [0.25, 0.3) is 0 Å². The van der Waals surface area contributed by atoms with E-state index in [0.717, 1.165) is 19.3 Å². The van der Waals surface area contributed by atoms with Crippen molar-refractivity contribution in [3.05, 3.63) is 12.7 Å². The van der Waals surface area contributed by atoms with E-state index in [0.29, 0.717) is 19.7 Å². The Morgan fingerprint density at radius 3 is 2.63 bits per heavy atom. The Morgan fingerprint density at radius 1 is 1.47 bits per heavy atom. The molecule has 1 heterocycles. The highest BCUT2D eigenvalue weighted by Crippen LogP contribution is 2.21. The second-order valence-electron chi connectivity index (χ2n) is 4.96. The van der Waals surface area contributed by atoms with E-state index in [1.165, 1.54) is 0 Å². The van der Waals surface area contributed by atoms with E-state index in [4.69, 9.17) is 9.84 Å². The highest BCUT2D eigenvalue weighted by molar-refractivity contribution is 5.80. The van der Waals surface area contributed by atoms with Gasteiger partial charge in [-0.25, -0.2) is 0 Å². The molecule has 0 bridgehead atoms. The summed E-state index contributed by atoms with van der Waals surface area (Å²) < 4.78 is 5.43. The van der Waals surface area contributed by atoms with Gasteiger partial charge in [0.2, 0.25) is 0 Å². The number of carbonyl (C=O) groups is 2. The lowest BCUT2D eigenvalue weighted by Crippen LogP contribution is -2.44. The van der Waals surface area contributed by atoms with Crippen molar-refractivity contribution in [2.24, 2.45) is 5.92 Å². The van der Waals surface area contributed by atoms with Gasteiger partial charge in [0.1, 0.15) is 6.10 Å². The fourth-order valence-corrected chi connectivity index (χ4v) is 2.26. The maximum Gasteiger partial charge on any atom is 0.303 e. The van der Waals surface area contributed by atoms with Crippen LogP contribution in [0, 0.1) is 5.92 Å². The first-order chi connectivity index (χ1) is 9.04. The first-order valence-corrected chi connectivity index (χ1v) is 6.77. The van der Waals surface area contributed by atoms with Gasteiger partial charge in [0.25, 0.3) is 5.91 Å². The number of likely N-dealkylation sites (tertiary alicyclic amines) is 1. The number of carbonyl (C=O) groups excluding carboxylic acids is 1. The van der Waals surface area contributed by atoms with E-state index in [1.54, 1.807) is 17.9 Å². The van der Waals surface area contributed by atoms with Crippen molar-refractivity contribution in [2.75, 3.05) is 19.7 Å². The van der Waals surface area contributed by atoms with E-state index in [9.17, 15) is 9.59 Å². The number of nitrogens with zero attached hydrogens (tertiary/aromatic N) is 1. The Balaban J connectivity index is 2.31. The summed E-state index contributed by atoms with van der Waals surface area (Å²) >= 11 is 0. The minimum absolute atomic E-state index is 0.00200. The number of piperidine rings is 1. The fraction of sp³-hybridized carbons (Fsp3) is 0.714. The molecule has 1 aliphatic rings. The van der Waals surface area contributed by atoms with Crippen LogP contribution in [0.5, 0.6) is 0 Å². The van der Waals surface area contributed by atoms with Crippen LogP contribution >= 0.6 is 0 Å². The summed E-state index contributed by atoms with van der Waals surface area (Å²) in [6, 6.07) is 0. The molecule has 1 unspecified atom stereocenters. The van der Waals surface area contributed by atoms with Crippen LogP contribution < -0.4 is 0 Å². The number of carboxylic acid groups (broad SMARTS) is 1. The molecule has 1 aliphatic heterocycles. The summed E-state index contributed by atoms with van der Waals surface area (Å²) in [5.74, 6) is -0.567. The van der Waals surface area contributed by atoms with Crippen molar-refractivity contribution in [3.8, 4) is 0 Å². The Hall–Kier alpha value is -1.36. The molecule has 0 aromatic rings. The Kier molecular flexibility index (Phi) is 6.56. The molecule has 0 radical (unpaired) electrons. The lowest BCUT2D eigenvalue weighted by Gasteiger charge is -2.33. The molecule has 5 heteroatoms. The average Bonchev–Trinajstić information content (AvgIpc) is 2.38. The highest BCUT2D eigenvalue weighted by Gasteiger charge is 2.27. The number of carboxylic acids is 1. The molecule has 0 saturated carbocycles. The molecule has 0 aliphatic carbocycles. The zero-order valence-corrected chi connectivity index (χ0v) is 11.5. The molecule has 1 fully saturated rings. The average molecular weight is 269 g/mol. The summed E-state index contributed by atoms with van der Waals surface area (Å²) in [6.45, 7) is 7.13. The van der Waals surface area contributed by atoms with Crippen molar-refractivity contribution < 1.29 is 19.4 Å². The predicted molar refractivity (Wildman–Crippen MR) is 71.8 cm³/mol. The highest BCUT2D eigenvalue weighted by atomic mass is 16.5. The largest absolute Gasteiger partial charge is 0.481 e. The zero-order valence-electron chi connectivity index (χ0n) is 11.5. The molecule has 0 spiro atoms. The minimum Gasteiger partial charge on any atom is -0.481 e. The third kappa shape index (κ3) is 5.42. The van der Waals surface area contributed by atoms with Crippen molar-refractivity contribution in [1.29, 1.82) is 0 Å². The van der Waals surface area contributed by atoms with Gasteiger partial charge in [0.15, 0.2) is 0 Å². The normalized spacial score (nSPS) is 18.1. The first kappa shape index (κ1) is 15.7. The molecular weight excluding hydrogens is 246 g/mol. The second kappa shape index (κ2) is 7.94. The fourth-order valence-electron chi connectivity index (χ4n) is 2.26. The predicted octanol–water partition coefficient (Wildman–Crippen LogP) is 1.68. The molecule has 0 aromatic heterocycles. The SMILES string of the molecule is C=CCCOC(C)C(=O)N1CCC(CC(=O)O)CC1. The smallest absolute Gasteiger partial charge is 0.303 e. The maximum atomic E-state index is 12.1. The van der Waals surface area contributed by atoms with Crippen molar-refractivity contribution in [1.82, 2.24) is 4.90 Å². The number of ether oxygens (including phenoxy) is 1. The van der Waals surface area contributed by atoms with Gasteiger partial charge < -0.3 is 14.7 Å². The first-order valence-electron chi connectivity index (χ1n) is 6.77. The van der Waals surface area contributed by atoms with E-state index in [2.05, 4.69) is 6.58 Å². The Morgan fingerprint density at radius 2 is 2.11 bits per heavy atom. The van der Waals surface area contributed by atoms with Crippen LogP contribution in [0.1, 0.15) is 32.6 Å². The summed E-state index contributed by atoms with van der Waals surface area (Å²) in [5.41, 5.74) is 0. The Bertz CT molecular complexity index is 321. The maximum absolute atomic E-state index is 12.1. The van der Waals surface area contributed by atoms with Gasteiger partial charge >= 0.3 is 5.97 Å². The van der Waals surface area contributed by atoms with Crippen LogP contribution in [0.15, 0.2) is 12.7 Å². The summed E-state index contributed by atoms with van der Waals surface area (Å²) in [5, 5.41) is 8.74. The Labute approximate surface area is 114 Å². The van der Waals surface area contributed by atoms with Crippen molar-refractivity contribution in [2.45, 2.75) is 38.7 Å². The zero-order chi connectivity index (χ0) is 14.3. The van der Waals surface area contributed by atoms with Crippen molar-refractivity contribution in [3.63, 3.8) is 0 Å². The van der Waals surface area contributed by atoms with Gasteiger partial charge in [-0.3, -0.25) is 9.59 Å². The molecule has 1 rings (SSSR count). The van der Waals surface area contributed by atoms with Gasteiger partial charge in [-0.05, 0) is 32.1 Å².